The van der Waals surface area contributed by atoms with E-state index in [2.05, 4.69) is 41.2 Å². The van der Waals surface area contributed by atoms with Crippen molar-refractivity contribution < 1.29 is 0 Å². The van der Waals surface area contributed by atoms with E-state index < -0.39 is 0 Å². The molecule has 1 atom stereocenters. The summed E-state index contributed by atoms with van der Waals surface area (Å²) in [6.45, 7) is 4.16. The van der Waals surface area contributed by atoms with E-state index in [4.69, 9.17) is 5.73 Å². The van der Waals surface area contributed by atoms with Gasteiger partial charge in [-0.3, -0.25) is 4.57 Å². The lowest BCUT2D eigenvalue weighted by molar-refractivity contribution is 0.522. The minimum absolute atomic E-state index is 0.268. The molecule has 4 nitrogen and oxygen atoms in total. The SMILES string of the molecule is Cc1ccc2nc(N)n(C(C)CCc3ccccc3)c2n1. The summed E-state index contributed by atoms with van der Waals surface area (Å²) in [6.07, 6.45) is 2.03. The summed E-state index contributed by atoms with van der Waals surface area (Å²) in [5, 5.41) is 0. The van der Waals surface area contributed by atoms with Gasteiger partial charge in [0.1, 0.15) is 5.52 Å². The van der Waals surface area contributed by atoms with Crippen LogP contribution in [-0.4, -0.2) is 14.5 Å². The fraction of sp³-hybridized carbons (Fsp3) is 0.294. The number of nitrogen functional groups attached to an aromatic ring is 1. The van der Waals surface area contributed by atoms with Crippen molar-refractivity contribution in [3.8, 4) is 0 Å². The lowest BCUT2D eigenvalue weighted by Crippen LogP contribution is -2.10. The van der Waals surface area contributed by atoms with E-state index in [0.29, 0.717) is 5.95 Å². The van der Waals surface area contributed by atoms with Gasteiger partial charge in [-0.1, -0.05) is 30.3 Å². The van der Waals surface area contributed by atoms with Gasteiger partial charge in [0.05, 0.1) is 0 Å². The Balaban J connectivity index is 1.85. The molecule has 0 aliphatic carbocycles. The molecule has 0 spiro atoms. The van der Waals surface area contributed by atoms with Crippen molar-refractivity contribution in [2.75, 3.05) is 5.73 Å². The zero-order chi connectivity index (χ0) is 14.8. The maximum Gasteiger partial charge on any atom is 0.202 e. The van der Waals surface area contributed by atoms with Crippen molar-refractivity contribution in [2.24, 2.45) is 0 Å². The Morgan fingerprint density at radius 1 is 1.10 bits per heavy atom. The number of nitrogens with two attached hydrogens (primary N) is 1. The minimum Gasteiger partial charge on any atom is -0.369 e. The number of rotatable bonds is 4. The molecule has 108 valence electrons. The zero-order valence-corrected chi connectivity index (χ0v) is 12.5. The summed E-state index contributed by atoms with van der Waals surface area (Å²) in [7, 11) is 0. The standard InChI is InChI=1S/C17H20N4/c1-12-8-11-15-16(19-12)21(17(18)20-15)13(2)9-10-14-6-4-3-5-7-14/h3-8,11,13H,9-10H2,1-2H3,(H2,18,20). The van der Waals surface area contributed by atoms with E-state index in [9.17, 15) is 0 Å². The Bertz CT molecular complexity index is 746. The fourth-order valence-electron chi connectivity index (χ4n) is 2.67. The highest BCUT2D eigenvalue weighted by Gasteiger charge is 2.15. The molecule has 0 amide bonds. The Morgan fingerprint density at radius 3 is 2.62 bits per heavy atom. The average molecular weight is 280 g/mol. The molecule has 0 aliphatic heterocycles. The summed E-state index contributed by atoms with van der Waals surface area (Å²) in [4.78, 5) is 9.00. The molecule has 1 unspecified atom stereocenters. The number of anilines is 1. The van der Waals surface area contributed by atoms with Crippen LogP contribution in [0.3, 0.4) is 0 Å². The average Bonchev–Trinajstić information content (AvgIpc) is 2.81. The molecule has 0 aliphatic rings. The highest BCUT2D eigenvalue weighted by molar-refractivity contribution is 5.74. The van der Waals surface area contributed by atoms with Crippen molar-refractivity contribution in [2.45, 2.75) is 32.7 Å². The van der Waals surface area contributed by atoms with E-state index in [-0.39, 0.29) is 6.04 Å². The van der Waals surface area contributed by atoms with Gasteiger partial charge in [-0.25, -0.2) is 9.97 Å². The first-order valence-corrected chi connectivity index (χ1v) is 7.30. The van der Waals surface area contributed by atoms with Crippen LogP contribution in [-0.2, 0) is 6.42 Å². The first kappa shape index (κ1) is 13.6. The molecule has 3 rings (SSSR count). The third-order valence-electron chi connectivity index (χ3n) is 3.84. The van der Waals surface area contributed by atoms with Gasteiger partial charge < -0.3 is 5.73 Å². The number of fused-ring (bicyclic) bond motifs is 1. The first-order chi connectivity index (χ1) is 10.1. The number of imidazole rings is 1. The van der Waals surface area contributed by atoms with E-state index in [0.717, 1.165) is 29.7 Å². The lowest BCUT2D eigenvalue weighted by Gasteiger charge is -2.15. The van der Waals surface area contributed by atoms with Gasteiger partial charge in [0.2, 0.25) is 5.95 Å². The van der Waals surface area contributed by atoms with Gasteiger partial charge in [0.15, 0.2) is 5.65 Å². The van der Waals surface area contributed by atoms with Crippen LogP contribution in [0.2, 0.25) is 0 Å². The van der Waals surface area contributed by atoms with Crippen LogP contribution in [0.5, 0.6) is 0 Å². The van der Waals surface area contributed by atoms with Crippen LogP contribution in [0.4, 0.5) is 5.95 Å². The van der Waals surface area contributed by atoms with Crippen LogP contribution >= 0.6 is 0 Å². The maximum absolute atomic E-state index is 6.09. The number of hydrogen-bond acceptors (Lipinski definition) is 3. The molecule has 2 heterocycles. The second-order valence-corrected chi connectivity index (χ2v) is 5.51. The van der Waals surface area contributed by atoms with Crippen molar-refractivity contribution in [1.82, 2.24) is 14.5 Å². The second-order valence-electron chi connectivity index (χ2n) is 5.51. The summed E-state index contributed by atoms with van der Waals surface area (Å²) in [5.41, 5.74) is 10.2. The van der Waals surface area contributed by atoms with E-state index in [1.54, 1.807) is 0 Å². The van der Waals surface area contributed by atoms with Crippen LogP contribution in [0.25, 0.3) is 11.2 Å². The quantitative estimate of drug-likeness (QED) is 0.795. The number of hydrogen-bond donors (Lipinski definition) is 1. The Hall–Kier alpha value is -2.36. The Morgan fingerprint density at radius 2 is 1.86 bits per heavy atom. The second kappa shape index (κ2) is 5.56. The summed E-state index contributed by atoms with van der Waals surface area (Å²) in [5.74, 6) is 0.545. The monoisotopic (exact) mass is 280 g/mol. The Labute approximate surface area is 124 Å². The number of aromatic nitrogens is 3. The largest absolute Gasteiger partial charge is 0.369 e. The molecular formula is C17H20N4. The number of benzene rings is 1. The maximum atomic E-state index is 6.09. The van der Waals surface area contributed by atoms with Crippen molar-refractivity contribution in [3.63, 3.8) is 0 Å². The Kier molecular flexibility index (Phi) is 3.60. The van der Waals surface area contributed by atoms with Crippen molar-refractivity contribution in [3.05, 3.63) is 53.7 Å². The topological polar surface area (TPSA) is 56.7 Å². The molecule has 0 bridgehead atoms. The highest BCUT2D eigenvalue weighted by Crippen LogP contribution is 2.24. The van der Waals surface area contributed by atoms with Gasteiger partial charge >= 0.3 is 0 Å². The smallest absolute Gasteiger partial charge is 0.202 e. The predicted octanol–water partition coefficient (Wildman–Crippen LogP) is 3.52. The third kappa shape index (κ3) is 2.75. The van der Waals surface area contributed by atoms with E-state index >= 15 is 0 Å². The molecule has 1 aromatic carbocycles. The molecule has 0 saturated heterocycles. The van der Waals surface area contributed by atoms with Crippen LogP contribution in [0.1, 0.15) is 30.6 Å². The zero-order valence-electron chi connectivity index (χ0n) is 12.5. The highest BCUT2D eigenvalue weighted by atomic mass is 15.2. The van der Waals surface area contributed by atoms with E-state index in [1.165, 1.54) is 5.56 Å². The van der Waals surface area contributed by atoms with Gasteiger partial charge in [-0.05, 0) is 44.4 Å². The molecule has 4 heteroatoms. The first-order valence-electron chi connectivity index (χ1n) is 7.30. The summed E-state index contributed by atoms with van der Waals surface area (Å²) in [6, 6.07) is 14.7. The van der Waals surface area contributed by atoms with Gasteiger partial charge in [0.25, 0.3) is 0 Å². The third-order valence-corrected chi connectivity index (χ3v) is 3.84. The van der Waals surface area contributed by atoms with Crippen LogP contribution < -0.4 is 5.73 Å². The molecule has 0 fully saturated rings. The summed E-state index contributed by atoms with van der Waals surface area (Å²) < 4.78 is 2.05. The number of aryl methyl sites for hydroxylation is 2. The van der Waals surface area contributed by atoms with Crippen LogP contribution in [0, 0.1) is 6.92 Å². The minimum atomic E-state index is 0.268. The molecule has 3 aromatic rings. The lowest BCUT2D eigenvalue weighted by atomic mass is 10.1. The normalized spacial score (nSPS) is 12.7. The van der Waals surface area contributed by atoms with Crippen molar-refractivity contribution >= 4 is 17.1 Å². The van der Waals surface area contributed by atoms with Crippen molar-refractivity contribution in [1.29, 1.82) is 0 Å². The van der Waals surface area contributed by atoms with Gasteiger partial charge in [0, 0.05) is 11.7 Å². The molecular weight excluding hydrogens is 260 g/mol. The van der Waals surface area contributed by atoms with Gasteiger partial charge in [-0.15, -0.1) is 0 Å². The predicted molar refractivity (Wildman–Crippen MR) is 86.2 cm³/mol. The fourth-order valence-corrected chi connectivity index (χ4v) is 2.67. The molecule has 21 heavy (non-hydrogen) atoms. The molecule has 2 aromatic heterocycles. The van der Waals surface area contributed by atoms with Gasteiger partial charge in [-0.2, -0.15) is 0 Å². The van der Waals surface area contributed by atoms with E-state index in [1.807, 2.05) is 29.7 Å². The van der Waals surface area contributed by atoms with Crippen LogP contribution in [0.15, 0.2) is 42.5 Å². The molecule has 0 radical (unpaired) electrons. The number of nitrogens with zero attached hydrogens (tertiary/aromatic N) is 3. The molecule has 0 saturated carbocycles. The number of pyridine rings is 1. The molecule has 2 N–H and O–H groups in total. The summed E-state index contributed by atoms with van der Waals surface area (Å²) >= 11 is 0.